The van der Waals surface area contributed by atoms with E-state index >= 15 is 0 Å². The van der Waals surface area contributed by atoms with Crippen LogP contribution in [0.4, 0.5) is 5.00 Å². The maximum atomic E-state index is 12.6. The first-order chi connectivity index (χ1) is 10.1. The number of amides is 1. The van der Waals surface area contributed by atoms with Crippen molar-refractivity contribution in [1.29, 1.82) is 0 Å². The van der Waals surface area contributed by atoms with E-state index in [1.165, 1.54) is 11.3 Å². The molecule has 0 aliphatic rings. The molecule has 0 bridgehead atoms. The fraction of sp³-hybridized carbons (Fsp3) is 0.200. The minimum atomic E-state index is -0.326. The number of carbonyl (C=O) groups is 2. The van der Waals surface area contributed by atoms with Gasteiger partial charge in [0, 0.05) is 10.4 Å². The lowest BCUT2D eigenvalue weighted by Gasteiger charge is -2.05. The maximum Gasteiger partial charge on any atom is 0.238 e. The van der Waals surface area contributed by atoms with Crippen molar-refractivity contribution in [2.45, 2.75) is 13.3 Å². The number of halogens is 2. The van der Waals surface area contributed by atoms with E-state index in [0.717, 1.165) is 11.3 Å². The van der Waals surface area contributed by atoms with E-state index in [1.54, 1.807) is 30.3 Å². The second kappa shape index (κ2) is 8.43. The minimum Gasteiger partial charge on any atom is -0.322 e. The Hall–Kier alpha value is -1.21. The molecule has 1 heterocycles. The van der Waals surface area contributed by atoms with Gasteiger partial charge in [0.1, 0.15) is 5.00 Å². The van der Waals surface area contributed by atoms with Crippen LogP contribution in [0.1, 0.15) is 27.7 Å². The number of nitrogens with one attached hydrogen (secondary N) is 1. The summed E-state index contributed by atoms with van der Waals surface area (Å²) in [5.74, 6) is -0.531. The number of benzene rings is 1. The molecule has 2 rings (SSSR count). The minimum absolute atomic E-state index is 0. The van der Waals surface area contributed by atoms with Gasteiger partial charge >= 0.3 is 0 Å². The van der Waals surface area contributed by atoms with E-state index in [9.17, 15) is 9.59 Å². The van der Waals surface area contributed by atoms with E-state index in [1.807, 2.05) is 6.92 Å². The average Bonchev–Trinajstić information content (AvgIpc) is 2.90. The largest absolute Gasteiger partial charge is 0.322 e. The lowest BCUT2D eigenvalue weighted by atomic mass is 10.0. The van der Waals surface area contributed by atoms with E-state index in [2.05, 4.69) is 5.32 Å². The monoisotopic (exact) mass is 402 g/mol. The molecule has 0 fully saturated rings. The molecular weight excluding hydrogens is 388 g/mol. The van der Waals surface area contributed by atoms with Crippen LogP contribution in [0, 0.1) is 0 Å². The highest BCUT2D eigenvalue weighted by Crippen LogP contribution is 2.31. The third kappa shape index (κ3) is 4.16. The normalized spacial score (nSPS) is 9.95. The molecule has 0 saturated heterocycles. The Morgan fingerprint density at radius 2 is 1.95 bits per heavy atom. The van der Waals surface area contributed by atoms with Gasteiger partial charge in [-0.05, 0) is 24.6 Å². The molecule has 7 heteroatoms. The lowest BCUT2D eigenvalue weighted by Crippen LogP contribution is -2.22. The van der Waals surface area contributed by atoms with Crippen molar-refractivity contribution >= 4 is 56.6 Å². The maximum absolute atomic E-state index is 12.6. The zero-order valence-electron chi connectivity index (χ0n) is 11.9. The first-order valence-corrected chi connectivity index (χ1v) is 7.68. The highest BCUT2D eigenvalue weighted by Gasteiger charge is 2.20. The van der Waals surface area contributed by atoms with Crippen LogP contribution in [0.2, 0.25) is 5.02 Å². The standard InChI is InChI=1S/C15H15ClN2O2S.BrH/c1-2-9-7-11(15(21-9)18-13(19)8-17)14(20)10-5-3-4-6-12(10)16;/h3-7H,2,8,17H2,1H3,(H,18,19);1H. The van der Waals surface area contributed by atoms with Crippen LogP contribution in [0.25, 0.3) is 0 Å². The number of nitrogens with two attached hydrogens (primary N) is 1. The number of ketones is 1. The Balaban J connectivity index is 0.00000242. The van der Waals surface area contributed by atoms with Crippen molar-refractivity contribution in [2.75, 3.05) is 11.9 Å². The summed E-state index contributed by atoms with van der Waals surface area (Å²) in [6, 6.07) is 8.65. The number of aryl methyl sites for hydroxylation is 1. The first-order valence-electron chi connectivity index (χ1n) is 6.48. The molecule has 1 aromatic carbocycles. The van der Waals surface area contributed by atoms with E-state index in [-0.39, 0.29) is 35.2 Å². The summed E-state index contributed by atoms with van der Waals surface area (Å²) < 4.78 is 0. The zero-order valence-corrected chi connectivity index (χ0v) is 15.2. The Morgan fingerprint density at radius 1 is 1.27 bits per heavy atom. The Labute approximate surface area is 148 Å². The number of anilines is 1. The molecule has 2 aromatic rings. The Kier molecular flexibility index (Phi) is 7.22. The van der Waals surface area contributed by atoms with Gasteiger partial charge in [-0.2, -0.15) is 0 Å². The summed E-state index contributed by atoms with van der Waals surface area (Å²) in [5, 5.41) is 3.59. The Morgan fingerprint density at radius 3 is 2.55 bits per heavy atom. The molecule has 0 atom stereocenters. The summed E-state index contributed by atoms with van der Waals surface area (Å²) in [7, 11) is 0. The number of hydrogen-bond acceptors (Lipinski definition) is 4. The highest BCUT2D eigenvalue weighted by atomic mass is 79.9. The van der Waals surface area contributed by atoms with E-state index < -0.39 is 0 Å². The summed E-state index contributed by atoms with van der Waals surface area (Å²) >= 11 is 7.45. The van der Waals surface area contributed by atoms with Gasteiger partial charge in [0.15, 0.2) is 5.78 Å². The number of carbonyl (C=O) groups excluding carboxylic acids is 2. The van der Waals surface area contributed by atoms with Gasteiger partial charge in [-0.3, -0.25) is 9.59 Å². The van der Waals surface area contributed by atoms with Gasteiger partial charge in [-0.1, -0.05) is 30.7 Å². The number of rotatable bonds is 5. The summed E-state index contributed by atoms with van der Waals surface area (Å²) in [4.78, 5) is 25.1. The fourth-order valence-corrected chi connectivity index (χ4v) is 3.08. The van der Waals surface area contributed by atoms with Gasteiger partial charge in [-0.25, -0.2) is 0 Å². The van der Waals surface area contributed by atoms with Crippen LogP contribution in [0.5, 0.6) is 0 Å². The first kappa shape index (κ1) is 18.8. The second-order valence-corrected chi connectivity index (χ2v) is 5.91. The molecule has 1 amide bonds. The van der Waals surface area contributed by atoms with Crippen molar-refractivity contribution in [1.82, 2.24) is 0 Å². The van der Waals surface area contributed by atoms with Crippen molar-refractivity contribution in [3.05, 3.63) is 51.4 Å². The van der Waals surface area contributed by atoms with Gasteiger partial charge < -0.3 is 11.1 Å². The van der Waals surface area contributed by atoms with Crippen LogP contribution in [0.3, 0.4) is 0 Å². The van der Waals surface area contributed by atoms with Crippen LogP contribution < -0.4 is 11.1 Å². The molecule has 0 aliphatic heterocycles. The molecule has 0 saturated carbocycles. The third-order valence-electron chi connectivity index (χ3n) is 2.93. The van der Waals surface area contributed by atoms with Crippen LogP contribution >= 0.6 is 39.9 Å². The molecule has 0 radical (unpaired) electrons. The van der Waals surface area contributed by atoms with E-state index in [0.29, 0.717) is 21.2 Å². The summed E-state index contributed by atoms with van der Waals surface area (Å²) in [6.45, 7) is 1.86. The molecule has 1 aromatic heterocycles. The van der Waals surface area contributed by atoms with Crippen LogP contribution in [-0.4, -0.2) is 18.2 Å². The average molecular weight is 404 g/mol. The van der Waals surface area contributed by atoms with Gasteiger partial charge in [0.2, 0.25) is 5.91 Å². The van der Waals surface area contributed by atoms with Crippen molar-refractivity contribution in [2.24, 2.45) is 5.73 Å². The molecule has 22 heavy (non-hydrogen) atoms. The fourth-order valence-electron chi connectivity index (χ4n) is 1.85. The molecule has 0 unspecified atom stereocenters. The molecule has 4 nitrogen and oxygen atoms in total. The lowest BCUT2D eigenvalue weighted by molar-refractivity contribution is -0.114. The van der Waals surface area contributed by atoms with Gasteiger partial charge in [0.05, 0.1) is 17.1 Å². The predicted molar refractivity (Wildman–Crippen MR) is 96.6 cm³/mol. The van der Waals surface area contributed by atoms with Gasteiger partial charge in [0.25, 0.3) is 0 Å². The summed E-state index contributed by atoms with van der Waals surface area (Å²) in [5.41, 5.74) is 6.18. The molecule has 0 spiro atoms. The van der Waals surface area contributed by atoms with E-state index in [4.69, 9.17) is 17.3 Å². The number of hydrogen-bond donors (Lipinski definition) is 2. The van der Waals surface area contributed by atoms with Crippen LogP contribution in [-0.2, 0) is 11.2 Å². The van der Waals surface area contributed by atoms with Gasteiger partial charge in [-0.15, -0.1) is 28.3 Å². The summed E-state index contributed by atoms with van der Waals surface area (Å²) in [6.07, 6.45) is 0.784. The molecular formula is C15H16BrClN2O2S. The number of thiophene rings is 1. The quantitative estimate of drug-likeness (QED) is 0.748. The van der Waals surface area contributed by atoms with Crippen molar-refractivity contribution in [3.63, 3.8) is 0 Å². The third-order valence-corrected chi connectivity index (χ3v) is 4.46. The Bertz CT molecular complexity index is 688. The van der Waals surface area contributed by atoms with Crippen LogP contribution in [0.15, 0.2) is 30.3 Å². The highest BCUT2D eigenvalue weighted by molar-refractivity contribution is 8.93. The topological polar surface area (TPSA) is 72.2 Å². The zero-order chi connectivity index (χ0) is 15.4. The molecule has 3 N–H and O–H groups in total. The SMILES string of the molecule is Br.CCc1cc(C(=O)c2ccccc2Cl)c(NC(=O)CN)s1. The van der Waals surface area contributed by atoms with Crippen molar-refractivity contribution in [3.8, 4) is 0 Å². The second-order valence-electron chi connectivity index (χ2n) is 4.37. The predicted octanol–water partition coefficient (Wildman–Crippen LogP) is 3.67. The molecule has 118 valence electrons. The van der Waals surface area contributed by atoms with Crippen molar-refractivity contribution < 1.29 is 9.59 Å². The smallest absolute Gasteiger partial charge is 0.238 e. The molecule has 0 aliphatic carbocycles.